The van der Waals surface area contributed by atoms with Gasteiger partial charge in [-0.25, -0.2) is 9.97 Å². The standard InChI is InChI=1S/C16H19ClN4/c1-10(12-5-3-4-6-13(12)17)21(2)15-9-14(18)19-16(20-15)11-7-8-11/h3-6,9-11H,7-8H2,1-2H3,(H2,18,19,20). The van der Waals surface area contributed by atoms with Gasteiger partial charge >= 0.3 is 0 Å². The van der Waals surface area contributed by atoms with Gasteiger partial charge in [0.1, 0.15) is 17.5 Å². The highest BCUT2D eigenvalue weighted by Gasteiger charge is 2.28. The predicted molar refractivity (Wildman–Crippen MR) is 86.7 cm³/mol. The van der Waals surface area contributed by atoms with Crippen LogP contribution in [-0.2, 0) is 0 Å². The molecule has 1 aromatic heterocycles. The Kier molecular flexibility index (Phi) is 3.72. The minimum absolute atomic E-state index is 0.111. The van der Waals surface area contributed by atoms with Crippen molar-refractivity contribution in [1.29, 1.82) is 0 Å². The van der Waals surface area contributed by atoms with Crippen LogP contribution in [0.5, 0.6) is 0 Å². The Balaban J connectivity index is 1.91. The van der Waals surface area contributed by atoms with E-state index in [9.17, 15) is 0 Å². The van der Waals surface area contributed by atoms with Crippen molar-refractivity contribution >= 4 is 23.2 Å². The molecule has 0 spiro atoms. The summed E-state index contributed by atoms with van der Waals surface area (Å²) in [4.78, 5) is 11.1. The molecular formula is C16H19ClN4. The molecule has 1 atom stereocenters. The highest BCUT2D eigenvalue weighted by Crippen LogP contribution is 2.39. The van der Waals surface area contributed by atoms with Crippen LogP contribution in [0.2, 0.25) is 5.02 Å². The van der Waals surface area contributed by atoms with E-state index in [0.29, 0.717) is 11.7 Å². The molecule has 0 bridgehead atoms. The van der Waals surface area contributed by atoms with Gasteiger partial charge in [0.15, 0.2) is 0 Å². The molecule has 1 aliphatic carbocycles. The van der Waals surface area contributed by atoms with Gasteiger partial charge in [0.05, 0.1) is 6.04 Å². The summed E-state index contributed by atoms with van der Waals surface area (Å²) >= 11 is 6.29. The van der Waals surface area contributed by atoms with Crippen molar-refractivity contribution in [3.8, 4) is 0 Å². The fourth-order valence-electron chi connectivity index (χ4n) is 2.40. The number of halogens is 1. The van der Waals surface area contributed by atoms with E-state index in [1.807, 2.05) is 37.4 Å². The summed E-state index contributed by atoms with van der Waals surface area (Å²) in [5, 5.41) is 0.765. The normalized spacial score (nSPS) is 15.8. The molecule has 0 aliphatic heterocycles. The number of nitrogens with two attached hydrogens (primary N) is 1. The second-order valence-electron chi connectivity index (χ2n) is 5.59. The average molecular weight is 303 g/mol. The van der Waals surface area contributed by atoms with E-state index in [4.69, 9.17) is 17.3 Å². The topological polar surface area (TPSA) is 55.0 Å². The summed E-state index contributed by atoms with van der Waals surface area (Å²) in [5.74, 6) is 2.72. The van der Waals surface area contributed by atoms with Crippen molar-refractivity contribution in [2.45, 2.75) is 31.7 Å². The molecular weight excluding hydrogens is 284 g/mol. The van der Waals surface area contributed by atoms with E-state index < -0.39 is 0 Å². The zero-order valence-corrected chi connectivity index (χ0v) is 13.0. The average Bonchev–Trinajstić information content (AvgIpc) is 3.30. The van der Waals surface area contributed by atoms with Crippen LogP contribution in [0.15, 0.2) is 30.3 Å². The molecule has 0 radical (unpaired) electrons. The summed E-state index contributed by atoms with van der Waals surface area (Å²) in [6.45, 7) is 2.11. The van der Waals surface area contributed by atoms with E-state index in [1.165, 1.54) is 0 Å². The Hall–Kier alpha value is -1.81. The van der Waals surface area contributed by atoms with E-state index in [2.05, 4.69) is 21.8 Å². The van der Waals surface area contributed by atoms with Crippen molar-refractivity contribution in [3.05, 3.63) is 46.7 Å². The second-order valence-corrected chi connectivity index (χ2v) is 6.00. The van der Waals surface area contributed by atoms with E-state index in [1.54, 1.807) is 0 Å². The summed E-state index contributed by atoms with van der Waals surface area (Å²) in [6, 6.07) is 9.81. The molecule has 5 heteroatoms. The lowest BCUT2D eigenvalue weighted by Crippen LogP contribution is -2.23. The maximum Gasteiger partial charge on any atom is 0.136 e. The summed E-state index contributed by atoms with van der Waals surface area (Å²) < 4.78 is 0. The van der Waals surface area contributed by atoms with E-state index in [-0.39, 0.29) is 6.04 Å². The smallest absolute Gasteiger partial charge is 0.136 e. The molecule has 3 rings (SSSR count). The van der Waals surface area contributed by atoms with Gasteiger partial charge in [-0.2, -0.15) is 0 Å². The predicted octanol–water partition coefficient (Wildman–Crippen LogP) is 3.79. The van der Waals surface area contributed by atoms with Crippen LogP contribution in [0.4, 0.5) is 11.6 Å². The first kappa shape index (κ1) is 14.1. The maximum absolute atomic E-state index is 6.29. The van der Waals surface area contributed by atoms with Crippen LogP contribution >= 0.6 is 11.6 Å². The highest BCUT2D eigenvalue weighted by atomic mass is 35.5. The third kappa shape index (κ3) is 2.95. The van der Waals surface area contributed by atoms with E-state index >= 15 is 0 Å². The quantitative estimate of drug-likeness (QED) is 0.933. The lowest BCUT2D eigenvalue weighted by molar-refractivity contribution is 0.722. The lowest BCUT2D eigenvalue weighted by atomic mass is 10.1. The summed E-state index contributed by atoms with van der Waals surface area (Å²) in [5.41, 5.74) is 7.00. The molecule has 2 N–H and O–H groups in total. The van der Waals surface area contributed by atoms with Gasteiger partial charge in [0.2, 0.25) is 0 Å². The molecule has 0 saturated heterocycles. The fourth-order valence-corrected chi connectivity index (χ4v) is 2.69. The minimum atomic E-state index is 0.111. The van der Waals surface area contributed by atoms with Crippen molar-refractivity contribution in [2.75, 3.05) is 17.7 Å². The van der Waals surface area contributed by atoms with Crippen LogP contribution in [0.1, 0.15) is 43.1 Å². The molecule has 2 aromatic rings. The van der Waals surface area contributed by atoms with Gasteiger partial charge in [-0.05, 0) is 31.4 Å². The van der Waals surface area contributed by atoms with Crippen molar-refractivity contribution in [2.24, 2.45) is 0 Å². The highest BCUT2D eigenvalue weighted by molar-refractivity contribution is 6.31. The molecule has 1 saturated carbocycles. The molecule has 1 heterocycles. The zero-order valence-electron chi connectivity index (χ0n) is 12.3. The molecule has 0 amide bonds. The molecule has 1 fully saturated rings. The van der Waals surface area contributed by atoms with Crippen LogP contribution in [0, 0.1) is 0 Å². The molecule has 1 unspecified atom stereocenters. The number of aromatic nitrogens is 2. The maximum atomic E-state index is 6.29. The zero-order chi connectivity index (χ0) is 15.0. The monoisotopic (exact) mass is 302 g/mol. The molecule has 4 nitrogen and oxygen atoms in total. The second kappa shape index (κ2) is 5.53. The molecule has 21 heavy (non-hydrogen) atoms. The van der Waals surface area contributed by atoms with Crippen molar-refractivity contribution in [1.82, 2.24) is 9.97 Å². The minimum Gasteiger partial charge on any atom is -0.384 e. The third-order valence-electron chi connectivity index (χ3n) is 3.99. The Labute approximate surface area is 130 Å². The van der Waals surface area contributed by atoms with Crippen LogP contribution in [-0.4, -0.2) is 17.0 Å². The Bertz CT molecular complexity index is 654. The first-order valence-electron chi connectivity index (χ1n) is 7.18. The number of hydrogen-bond acceptors (Lipinski definition) is 4. The number of benzene rings is 1. The first-order valence-corrected chi connectivity index (χ1v) is 7.55. The largest absolute Gasteiger partial charge is 0.384 e. The fraction of sp³-hybridized carbons (Fsp3) is 0.375. The van der Waals surface area contributed by atoms with Gasteiger partial charge in [0.25, 0.3) is 0 Å². The molecule has 1 aliphatic rings. The van der Waals surface area contributed by atoms with Crippen molar-refractivity contribution < 1.29 is 0 Å². The van der Waals surface area contributed by atoms with Gasteiger partial charge < -0.3 is 10.6 Å². The van der Waals surface area contributed by atoms with E-state index in [0.717, 1.165) is 35.1 Å². The van der Waals surface area contributed by atoms with Gasteiger partial charge in [-0.15, -0.1) is 0 Å². The lowest BCUT2D eigenvalue weighted by Gasteiger charge is -2.27. The molecule has 110 valence electrons. The number of anilines is 2. The Morgan fingerprint density at radius 3 is 2.67 bits per heavy atom. The molecule has 1 aromatic carbocycles. The van der Waals surface area contributed by atoms with Gasteiger partial charge in [-0.1, -0.05) is 29.8 Å². The number of nitrogens with zero attached hydrogens (tertiary/aromatic N) is 3. The number of nitrogen functional groups attached to an aromatic ring is 1. The van der Waals surface area contributed by atoms with Crippen LogP contribution in [0.3, 0.4) is 0 Å². The number of rotatable bonds is 4. The third-order valence-corrected chi connectivity index (χ3v) is 4.33. The van der Waals surface area contributed by atoms with Gasteiger partial charge in [0, 0.05) is 24.1 Å². The summed E-state index contributed by atoms with van der Waals surface area (Å²) in [7, 11) is 2.01. The van der Waals surface area contributed by atoms with Crippen molar-refractivity contribution in [3.63, 3.8) is 0 Å². The summed E-state index contributed by atoms with van der Waals surface area (Å²) in [6.07, 6.45) is 2.32. The Morgan fingerprint density at radius 1 is 1.29 bits per heavy atom. The number of hydrogen-bond donors (Lipinski definition) is 1. The van der Waals surface area contributed by atoms with Crippen LogP contribution in [0.25, 0.3) is 0 Å². The Morgan fingerprint density at radius 2 is 2.00 bits per heavy atom. The first-order chi connectivity index (χ1) is 10.1. The van der Waals surface area contributed by atoms with Crippen LogP contribution < -0.4 is 10.6 Å². The SMILES string of the molecule is CC(c1ccccc1Cl)N(C)c1cc(N)nc(C2CC2)n1. The van der Waals surface area contributed by atoms with Gasteiger partial charge in [-0.3, -0.25) is 0 Å².